The van der Waals surface area contributed by atoms with Crippen molar-refractivity contribution in [2.24, 2.45) is 9.98 Å². The van der Waals surface area contributed by atoms with Crippen LogP contribution in [0.25, 0.3) is 0 Å². The molecule has 0 spiro atoms. The van der Waals surface area contributed by atoms with Crippen molar-refractivity contribution in [1.29, 1.82) is 0 Å². The maximum Gasteiger partial charge on any atom is 0.408 e. The molecular formula is C15H12BrN3O5S. The lowest BCUT2D eigenvalue weighted by atomic mass is 10.3. The highest BCUT2D eigenvalue weighted by molar-refractivity contribution is 9.10. The predicted octanol–water partition coefficient (Wildman–Crippen LogP) is 1.41. The topological polar surface area (TPSA) is 117 Å². The molecule has 0 bridgehead atoms. The van der Waals surface area contributed by atoms with E-state index < -0.39 is 22.0 Å². The molecule has 0 fully saturated rings. The standard InChI is InChI=1S/C15H12BrN3O5S/c1-15(19-14(20)21)17-12-7-4-10(8-13(12)18-15)24-25(22,23)11-5-2-9(16)3-6-11/h2-8,19H,1H3,(H,20,21). The molecule has 0 saturated carbocycles. The highest BCUT2D eigenvalue weighted by Crippen LogP contribution is 2.19. The molecule has 1 heterocycles. The molecule has 130 valence electrons. The van der Waals surface area contributed by atoms with Crippen molar-refractivity contribution >= 4 is 32.1 Å². The third-order valence-corrected chi connectivity index (χ3v) is 5.07. The van der Waals surface area contributed by atoms with E-state index in [9.17, 15) is 13.2 Å². The van der Waals surface area contributed by atoms with Gasteiger partial charge in [-0.2, -0.15) is 8.42 Å². The SMILES string of the molecule is CC1(NC(=O)O)N=c2ccc(OS(=O)(=O)c3ccc(Br)cc3)cc2=N1. The molecule has 2 aromatic rings. The highest BCUT2D eigenvalue weighted by Gasteiger charge is 2.27. The summed E-state index contributed by atoms with van der Waals surface area (Å²) in [5.41, 5.74) is 0. The van der Waals surface area contributed by atoms with Crippen molar-refractivity contribution in [3.63, 3.8) is 0 Å². The van der Waals surface area contributed by atoms with Crippen LogP contribution in [0.4, 0.5) is 4.79 Å². The maximum absolute atomic E-state index is 12.3. The zero-order chi connectivity index (χ0) is 18.2. The van der Waals surface area contributed by atoms with E-state index in [1.807, 2.05) is 0 Å². The van der Waals surface area contributed by atoms with E-state index >= 15 is 0 Å². The van der Waals surface area contributed by atoms with Crippen LogP contribution in [0.1, 0.15) is 6.92 Å². The van der Waals surface area contributed by atoms with Crippen LogP contribution in [0.2, 0.25) is 0 Å². The fourth-order valence-corrected chi connectivity index (χ4v) is 3.45. The number of benzene rings is 2. The molecule has 0 aromatic heterocycles. The molecule has 1 aliphatic rings. The summed E-state index contributed by atoms with van der Waals surface area (Å²) in [7, 11) is -4.00. The first-order valence-corrected chi connectivity index (χ1v) is 9.18. The van der Waals surface area contributed by atoms with Crippen molar-refractivity contribution in [3.05, 3.63) is 57.7 Å². The van der Waals surface area contributed by atoms with Crippen molar-refractivity contribution in [2.45, 2.75) is 17.6 Å². The second kappa shape index (κ2) is 6.12. The maximum atomic E-state index is 12.3. The van der Waals surface area contributed by atoms with Gasteiger partial charge in [0, 0.05) is 17.5 Å². The van der Waals surface area contributed by atoms with Gasteiger partial charge < -0.3 is 9.29 Å². The zero-order valence-corrected chi connectivity index (χ0v) is 15.2. The summed E-state index contributed by atoms with van der Waals surface area (Å²) in [5, 5.41) is 11.8. The molecule has 0 aliphatic carbocycles. The Morgan fingerprint density at radius 3 is 2.44 bits per heavy atom. The Kier molecular flexibility index (Phi) is 4.25. The minimum absolute atomic E-state index is 0.00945. The summed E-state index contributed by atoms with van der Waals surface area (Å²) in [5.74, 6) is -1.29. The molecule has 0 saturated heterocycles. The van der Waals surface area contributed by atoms with E-state index in [2.05, 4.69) is 31.2 Å². The third-order valence-electron chi connectivity index (χ3n) is 3.28. The number of nitrogens with one attached hydrogen (secondary N) is 1. The van der Waals surface area contributed by atoms with Crippen LogP contribution < -0.4 is 20.2 Å². The first kappa shape index (κ1) is 17.4. The van der Waals surface area contributed by atoms with Crippen molar-refractivity contribution in [1.82, 2.24) is 5.32 Å². The smallest absolute Gasteiger partial charge is 0.408 e. The molecule has 25 heavy (non-hydrogen) atoms. The van der Waals surface area contributed by atoms with Gasteiger partial charge in [0.15, 0.2) is 0 Å². The molecule has 10 heteroatoms. The van der Waals surface area contributed by atoms with Crippen LogP contribution in [-0.4, -0.2) is 25.4 Å². The second-order valence-corrected chi connectivity index (χ2v) is 7.78. The van der Waals surface area contributed by atoms with E-state index in [-0.39, 0.29) is 10.6 Å². The lowest BCUT2D eigenvalue weighted by Gasteiger charge is -2.16. The van der Waals surface area contributed by atoms with E-state index in [4.69, 9.17) is 9.29 Å². The number of amides is 1. The monoisotopic (exact) mass is 425 g/mol. The minimum atomic E-state index is -4.00. The van der Waals surface area contributed by atoms with Crippen molar-refractivity contribution < 1.29 is 22.5 Å². The van der Waals surface area contributed by atoms with Gasteiger partial charge in [-0.3, -0.25) is 5.32 Å². The summed E-state index contributed by atoms with van der Waals surface area (Å²) in [4.78, 5) is 19.1. The molecule has 2 aromatic carbocycles. The van der Waals surface area contributed by atoms with Gasteiger partial charge in [-0.1, -0.05) is 15.9 Å². The van der Waals surface area contributed by atoms with Crippen LogP contribution in [0.5, 0.6) is 5.75 Å². The number of fused-ring (bicyclic) bond motifs is 1. The fraction of sp³-hybridized carbons (Fsp3) is 0.133. The predicted molar refractivity (Wildman–Crippen MR) is 90.3 cm³/mol. The number of nitrogens with zero attached hydrogens (tertiary/aromatic N) is 2. The van der Waals surface area contributed by atoms with Gasteiger partial charge in [-0.25, -0.2) is 14.8 Å². The first-order valence-electron chi connectivity index (χ1n) is 6.98. The molecule has 1 aliphatic heterocycles. The summed E-state index contributed by atoms with van der Waals surface area (Å²) >= 11 is 3.23. The van der Waals surface area contributed by atoms with E-state index in [1.165, 1.54) is 37.3 Å². The van der Waals surface area contributed by atoms with Gasteiger partial charge >= 0.3 is 16.2 Å². The average Bonchev–Trinajstić information content (AvgIpc) is 2.81. The van der Waals surface area contributed by atoms with Gasteiger partial charge in [0.25, 0.3) is 0 Å². The van der Waals surface area contributed by atoms with E-state index in [1.54, 1.807) is 12.1 Å². The highest BCUT2D eigenvalue weighted by atomic mass is 79.9. The normalized spacial score (nSPS) is 18.6. The van der Waals surface area contributed by atoms with Crippen LogP contribution in [0, 0.1) is 0 Å². The number of hydrogen-bond acceptors (Lipinski definition) is 6. The van der Waals surface area contributed by atoms with Crippen LogP contribution in [0.15, 0.2) is 61.8 Å². The van der Waals surface area contributed by atoms with Crippen molar-refractivity contribution in [3.8, 4) is 5.75 Å². The first-order chi connectivity index (χ1) is 11.7. The molecule has 1 amide bonds. The number of rotatable bonds is 4. The van der Waals surface area contributed by atoms with Crippen LogP contribution >= 0.6 is 15.9 Å². The summed E-state index contributed by atoms with van der Waals surface area (Å²) < 4.78 is 30.5. The second-order valence-electron chi connectivity index (χ2n) is 5.32. The Hall–Kier alpha value is -2.46. The van der Waals surface area contributed by atoms with Gasteiger partial charge in [0.2, 0.25) is 5.79 Å². The van der Waals surface area contributed by atoms with E-state index in [0.29, 0.717) is 10.7 Å². The van der Waals surface area contributed by atoms with Gasteiger partial charge in [-0.05, 0) is 36.4 Å². The molecule has 0 radical (unpaired) electrons. The molecule has 8 nitrogen and oxygen atoms in total. The Bertz CT molecular complexity index is 1070. The molecule has 3 rings (SSSR count). The molecule has 1 atom stereocenters. The Balaban J connectivity index is 1.92. The lowest BCUT2D eigenvalue weighted by molar-refractivity contribution is 0.182. The summed E-state index contributed by atoms with van der Waals surface area (Å²) in [6.45, 7) is 1.49. The molecular weight excluding hydrogens is 414 g/mol. The van der Waals surface area contributed by atoms with Crippen LogP contribution in [-0.2, 0) is 10.1 Å². The molecule has 2 N–H and O–H groups in total. The zero-order valence-electron chi connectivity index (χ0n) is 12.8. The third kappa shape index (κ3) is 3.80. The van der Waals surface area contributed by atoms with E-state index in [0.717, 1.165) is 4.47 Å². The van der Waals surface area contributed by atoms with Crippen molar-refractivity contribution in [2.75, 3.05) is 0 Å². The Morgan fingerprint density at radius 2 is 1.80 bits per heavy atom. The Labute approximate surface area is 151 Å². The molecule has 1 unspecified atom stereocenters. The van der Waals surface area contributed by atoms with Gasteiger partial charge in [-0.15, -0.1) is 0 Å². The minimum Gasteiger partial charge on any atom is -0.465 e. The lowest BCUT2D eigenvalue weighted by Crippen LogP contribution is -2.41. The van der Waals surface area contributed by atoms with Crippen LogP contribution in [0.3, 0.4) is 0 Å². The van der Waals surface area contributed by atoms with Gasteiger partial charge in [0.05, 0.1) is 10.7 Å². The van der Waals surface area contributed by atoms with Gasteiger partial charge in [0.1, 0.15) is 10.6 Å². The Morgan fingerprint density at radius 1 is 1.16 bits per heavy atom. The number of carboxylic acid groups (broad SMARTS) is 1. The number of halogens is 1. The summed E-state index contributed by atoms with van der Waals surface area (Å²) in [6.07, 6.45) is -1.27. The number of carbonyl (C=O) groups is 1. The summed E-state index contributed by atoms with van der Waals surface area (Å²) in [6, 6.07) is 10.4. The average molecular weight is 426 g/mol. The largest absolute Gasteiger partial charge is 0.465 e. The quantitative estimate of drug-likeness (QED) is 0.717. The number of hydrogen-bond donors (Lipinski definition) is 2. The fourth-order valence-electron chi connectivity index (χ4n) is 2.27.